The number of anilines is 1. The summed E-state index contributed by atoms with van der Waals surface area (Å²) in [6.07, 6.45) is 10.2. The molecule has 2 atom stereocenters. The highest BCUT2D eigenvalue weighted by molar-refractivity contribution is 5.71. The first-order valence-electron chi connectivity index (χ1n) is 10.0. The summed E-state index contributed by atoms with van der Waals surface area (Å²) in [5, 5.41) is 11.4. The molecular weight excluding hydrogens is 360 g/mol. The summed E-state index contributed by atoms with van der Waals surface area (Å²) in [6.45, 7) is 4.80. The Kier molecular flexibility index (Phi) is 5.89. The molecule has 0 radical (unpaired) electrons. The van der Waals surface area contributed by atoms with Crippen molar-refractivity contribution in [3.8, 4) is 0 Å². The molecule has 8 nitrogen and oxygen atoms in total. The minimum atomic E-state index is -0.931. The highest BCUT2D eigenvalue weighted by atomic mass is 16.5. The Balaban J connectivity index is 1.48. The monoisotopic (exact) mass is 388 g/mol. The molecule has 3 aliphatic heterocycles. The molecule has 1 aromatic rings. The maximum atomic E-state index is 10.6. The van der Waals surface area contributed by atoms with Crippen molar-refractivity contribution in [2.24, 2.45) is 5.41 Å². The Morgan fingerprint density at radius 2 is 2.18 bits per heavy atom. The third-order valence-electron chi connectivity index (χ3n) is 6.13. The van der Waals surface area contributed by atoms with E-state index < -0.39 is 5.97 Å². The van der Waals surface area contributed by atoms with Crippen LogP contribution >= 0.6 is 0 Å². The van der Waals surface area contributed by atoms with E-state index in [1.165, 1.54) is 12.0 Å². The van der Waals surface area contributed by atoms with Crippen LogP contribution in [-0.2, 0) is 20.8 Å². The normalized spacial score (nSPS) is 28.3. The lowest BCUT2D eigenvalue weighted by atomic mass is 9.65. The van der Waals surface area contributed by atoms with E-state index in [-0.39, 0.29) is 12.0 Å². The zero-order valence-electron chi connectivity index (χ0n) is 16.1. The number of ether oxygens (including phenoxy) is 2. The van der Waals surface area contributed by atoms with Crippen molar-refractivity contribution >= 4 is 11.9 Å². The zero-order valence-corrected chi connectivity index (χ0v) is 16.1. The molecule has 4 rings (SSSR count). The van der Waals surface area contributed by atoms with Crippen LogP contribution < -0.4 is 5.32 Å². The van der Waals surface area contributed by atoms with Gasteiger partial charge < -0.3 is 19.9 Å². The van der Waals surface area contributed by atoms with Gasteiger partial charge in [0.1, 0.15) is 6.54 Å². The van der Waals surface area contributed by atoms with Crippen molar-refractivity contribution < 1.29 is 19.4 Å². The second kappa shape index (κ2) is 8.55. The van der Waals surface area contributed by atoms with Gasteiger partial charge in [-0.15, -0.1) is 0 Å². The van der Waals surface area contributed by atoms with Crippen molar-refractivity contribution in [2.75, 3.05) is 44.8 Å². The molecule has 3 aliphatic rings. The molecule has 0 aromatic carbocycles. The highest BCUT2D eigenvalue weighted by Crippen LogP contribution is 2.48. The Labute approximate surface area is 164 Å². The number of piperidine rings is 1. The largest absolute Gasteiger partial charge is 0.480 e. The Hall–Kier alpha value is -2.03. The zero-order chi connectivity index (χ0) is 19.4. The van der Waals surface area contributed by atoms with Crippen LogP contribution in [-0.4, -0.2) is 71.5 Å². The average molecular weight is 388 g/mol. The second-order valence-electron chi connectivity index (χ2n) is 7.80. The highest BCUT2D eigenvalue weighted by Gasteiger charge is 2.48. The maximum absolute atomic E-state index is 10.6. The van der Waals surface area contributed by atoms with Gasteiger partial charge in [0.05, 0.1) is 19.8 Å². The molecule has 0 saturated carbocycles. The number of rotatable bonds is 6. The number of carbonyl (C=O) groups is 1. The molecule has 0 spiro atoms. The third kappa shape index (κ3) is 4.04. The van der Waals surface area contributed by atoms with Crippen molar-refractivity contribution in [3.63, 3.8) is 0 Å². The van der Waals surface area contributed by atoms with E-state index in [0.717, 1.165) is 57.7 Å². The van der Waals surface area contributed by atoms with Crippen LogP contribution in [0.4, 0.5) is 5.95 Å². The summed E-state index contributed by atoms with van der Waals surface area (Å²) in [6, 6.07) is 0.462. The quantitative estimate of drug-likeness (QED) is 0.711. The minimum absolute atomic E-state index is 0.101. The van der Waals surface area contributed by atoms with Crippen LogP contribution in [0.5, 0.6) is 0 Å². The molecule has 2 fully saturated rings. The fraction of sp³-hybridized carbons (Fsp3) is 0.650. The van der Waals surface area contributed by atoms with Crippen LogP contribution in [0.2, 0.25) is 0 Å². The van der Waals surface area contributed by atoms with Gasteiger partial charge in [-0.3, -0.25) is 9.69 Å². The summed E-state index contributed by atoms with van der Waals surface area (Å²) in [5.41, 5.74) is 2.66. The van der Waals surface area contributed by atoms with Gasteiger partial charge in [-0.2, -0.15) is 0 Å². The van der Waals surface area contributed by atoms with Gasteiger partial charge >= 0.3 is 5.97 Å². The topological polar surface area (TPSA) is 96.8 Å². The molecule has 2 saturated heterocycles. The number of carboxylic acid groups (broad SMARTS) is 1. The summed E-state index contributed by atoms with van der Waals surface area (Å²) >= 11 is 0. The van der Waals surface area contributed by atoms with E-state index in [1.807, 2.05) is 0 Å². The number of aromatic nitrogens is 2. The number of hydrogen-bond acceptors (Lipinski definition) is 7. The number of aliphatic carboxylic acids is 1. The maximum Gasteiger partial charge on any atom is 0.322 e. The second-order valence-corrected chi connectivity index (χ2v) is 7.80. The fourth-order valence-electron chi connectivity index (χ4n) is 4.90. The number of carboxylic acids is 1. The van der Waals surface area contributed by atoms with Crippen LogP contribution in [0, 0.1) is 5.41 Å². The molecule has 0 unspecified atom stereocenters. The van der Waals surface area contributed by atoms with E-state index in [0.29, 0.717) is 18.6 Å². The number of fused-ring (bicyclic) bond motifs is 1. The molecule has 1 aromatic heterocycles. The van der Waals surface area contributed by atoms with E-state index in [1.54, 1.807) is 12.4 Å². The number of nitrogens with one attached hydrogen (secondary N) is 1. The van der Waals surface area contributed by atoms with Gasteiger partial charge in [-0.1, -0.05) is 11.6 Å². The molecule has 0 aliphatic carbocycles. The Morgan fingerprint density at radius 3 is 2.93 bits per heavy atom. The predicted molar refractivity (Wildman–Crippen MR) is 103 cm³/mol. The van der Waals surface area contributed by atoms with Gasteiger partial charge in [-0.05, 0) is 32.2 Å². The molecular formula is C20H28N4O4. The van der Waals surface area contributed by atoms with Crippen LogP contribution in [0.25, 0.3) is 0 Å². The summed E-state index contributed by atoms with van der Waals surface area (Å²) in [5.74, 6) is -0.586. The smallest absolute Gasteiger partial charge is 0.322 e. The van der Waals surface area contributed by atoms with Crippen LogP contribution in [0.1, 0.15) is 31.2 Å². The first-order valence-corrected chi connectivity index (χ1v) is 10.0. The van der Waals surface area contributed by atoms with Gasteiger partial charge in [0, 0.05) is 42.6 Å². The van der Waals surface area contributed by atoms with Crippen LogP contribution in [0.3, 0.4) is 0 Å². The first-order chi connectivity index (χ1) is 13.7. The molecule has 152 valence electrons. The van der Waals surface area contributed by atoms with Crippen molar-refractivity contribution in [1.82, 2.24) is 14.9 Å². The van der Waals surface area contributed by atoms with Gasteiger partial charge in [-0.25, -0.2) is 9.97 Å². The SMILES string of the molecule is O=C(O)CNc1ncc(CN2CCC[C@]3(C4=CCOCC4)COCC[C@@H]23)cn1. The molecule has 2 N–H and O–H groups in total. The molecule has 8 heteroatoms. The van der Waals surface area contributed by atoms with E-state index >= 15 is 0 Å². The van der Waals surface area contributed by atoms with Gasteiger partial charge in [0.15, 0.2) is 0 Å². The van der Waals surface area contributed by atoms with Gasteiger partial charge in [0.2, 0.25) is 5.95 Å². The van der Waals surface area contributed by atoms with Crippen LogP contribution in [0.15, 0.2) is 24.0 Å². The van der Waals surface area contributed by atoms with Gasteiger partial charge in [0.25, 0.3) is 0 Å². The summed E-state index contributed by atoms with van der Waals surface area (Å²) < 4.78 is 11.5. The number of likely N-dealkylation sites (tertiary alicyclic amines) is 1. The van der Waals surface area contributed by atoms with Crippen molar-refractivity contribution in [1.29, 1.82) is 0 Å². The molecule has 4 heterocycles. The van der Waals surface area contributed by atoms with Crippen molar-refractivity contribution in [2.45, 2.75) is 38.3 Å². The first kappa shape index (κ1) is 19.3. The molecule has 28 heavy (non-hydrogen) atoms. The summed E-state index contributed by atoms with van der Waals surface area (Å²) in [4.78, 5) is 21.7. The average Bonchev–Trinajstić information content (AvgIpc) is 2.74. The fourth-order valence-corrected chi connectivity index (χ4v) is 4.90. The lowest BCUT2D eigenvalue weighted by molar-refractivity contribution is -0.134. The Bertz CT molecular complexity index is 719. The molecule has 0 bridgehead atoms. The van der Waals surface area contributed by atoms with E-state index in [2.05, 4.69) is 26.3 Å². The Morgan fingerprint density at radius 1 is 1.32 bits per heavy atom. The van der Waals surface area contributed by atoms with Crippen molar-refractivity contribution in [3.05, 3.63) is 29.6 Å². The predicted octanol–water partition coefficient (Wildman–Crippen LogP) is 1.69. The third-order valence-corrected chi connectivity index (χ3v) is 6.13. The van der Waals surface area contributed by atoms with E-state index in [4.69, 9.17) is 14.6 Å². The summed E-state index contributed by atoms with van der Waals surface area (Å²) in [7, 11) is 0. The minimum Gasteiger partial charge on any atom is -0.480 e. The van der Waals surface area contributed by atoms with E-state index in [9.17, 15) is 4.79 Å². The molecule has 0 amide bonds. The lowest BCUT2D eigenvalue weighted by Gasteiger charge is -2.54. The number of hydrogen-bond donors (Lipinski definition) is 2. The lowest BCUT2D eigenvalue weighted by Crippen LogP contribution is -2.57. The standard InChI is InChI=1S/C20H28N4O4/c25-18(26)12-23-19-21-10-15(11-22-19)13-24-6-1-5-20(14-28-9-4-17(20)24)16-2-7-27-8-3-16/h2,10-11,17H,1,3-9,12-14H2,(H,25,26)(H,21,22,23)/t17-,20-/m1/s1. The number of nitrogens with zero attached hydrogens (tertiary/aromatic N) is 3.